The molecule has 0 bridgehead atoms. The third-order valence-electron chi connectivity index (χ3n) is 14.1. The third-order valence-corrected chi connectivity index (χ3v) is 14.1. The first-order chi connectivity index (χ1) is 66.2. The van der Waals surface area contributed by atoms with E-state index in [1.54, 1.807) is 55.6 Å². The fourth-order valence-corrected chi connectivity index (χ4v) is 8.94. The number of terminal acetylenes is 4. The van der Waals surface area contributed by atoms with Crippen LogP contribution in [0.1, 0.15) is 176 Å². The summed E-state index contributed by atoms with van der Waals surface area (Å²) in [5.41, 5.74) is 6.39. The van der Waals surface area contributed by atoms with Gasteiger partial charge in [-0.2, -0.15) is 9.80 Å². The Balaban J connectivity index is -0.0000000153. The Labute approximate surface area is 915 Å². The van der Waals surface area contributed by atoms with Crippen LogP contribution in [0.25, 0.3) is 11.1 Å². The SMILES string of the molecule is C#CC#CC#CC#CC#CC#CC#CC#CC#CC#CC#CN(C#CC#CC#CC#CC#CC#CC#CC#CC#CC#CC#C)C(=O)c1ccc(NC)cc1.C#CC#CC#CC#CC#CC#CC#CC#CC#CC#CC#CN(C#CC#CC#CC#CC#CC#CC#CC#CC#CC#CC#C)C(=O)c1ccc(NCC(=O)[C@@H]2CCCN2C(=O)OCC2c3ccccc3-c3ccccc32)cc1.[HH].[HH].[HH].[HH].[HH].[HH].[HH].[HH].[HH].[HH].[HH].[HH].[HH].[HH].[HH].[HH].[HH].[HH].[HH].[HH].[HH].[HH].[HH].[HH].[HH].[HH].[HH].[HH].[HH].[HH].[HH].[HH].[HH].[HH].[HH].[HH].[HH].[HH].[HH].[HH].[HH].[HH].[HH].[HH].[HH].[HH].[HH].[HH].[HH].[HH].[HH].[HH].[HH].[HH].[HH].[HH].[HH].[HH].[HH].[HH].[HH].[HH].[HH].[HH].[HH].[HH].[HH].[HH].[HH].[HH].[HH].[HH].[HH].[HH].[HH].[HH].[HH].[HH].[HH].[HH].[HH].[HH].[HH].[HH].[HH].[HH].[HH].[HH]. The topological polar surface area (TPSA) is 111 Å². The number of hydrogen-bond acceptors (Lipinski definition) is 7. The highest BCUT2D eigenvalue weighted by molar-refractivity contribution is 5.98. The summed E-state index contributed by atoms with van der Waals surface area (Å²) >= 11 is 0. The molecule has 0 aromatic heterocycles. The highest BCUT2D eigenvalue weighted by atomic mass is 16.6. The number of ketones is 1. The number of amides is 3. The standard InChI is InChI=1S/C72H27N3O4.C52H10N2O.88H2/c1-3-5-7-9-11-13-15-17-19-21-23-25-27-29-31-33-35-37-39-45-57-74(58-46-40-38-36-34-32-30-28-26-24-22-20-18-16-14-12-10-8-6-4-2)71(77)62-53-55-63(56-54-62)73-60-70(76)69-52-47-59-75(69)72(78)79-61-68-66-50-43-41-48-64(66)65-49-42-44-51-67(65)68;1-4-6-8-10-12-14-16-18-20-22-24-26-28-30-32-34-36-38-40-42-48-54(52(55)50-44-46-51(53-3)47-45-50)49-43-41-39-37-35-33-31-29-27-25-23-21-19-17-15-13-11-9-7-5-2;;;;;;;;;;;;;;;;;;;;;;;;;;;;;;;;;;;;;;;;;;;;;;;;;;;;;;;;;;;;;;;;;;;;;;;;;;;;;;;;;;;;;;;;/h1-2,41-44,48-51,53-56,68-69,73H,47,52,59-61H2;1-2,44-47,53H,3H3;88*1H/t69-;;;;;;;;;;;;;;;;;;;;;;;;;;;;;;;;;;;;;;;;;;;;;;;;;;;;;;;;;;;;;;;;;;;;;;;;;;;;;;;;;;;;;;;;;/m0........................................................................................./s1. The lowest BCUT2D eigenvalue weighted by Gasteiger charge is -2.24. The van der Waals surface area contributed by atoms with E-state index in [1.807, 2.05) is 24.3 Å². The van der Waals surface area contributed by atoms with Gasteiger partial charge in [0.15, 0.2) is 5.78 Å². The number of Topliss-reactive ketones (excluding diaryl/α,β-unsaturated/α-hetero) is 1. The van der Waals surface area contributed by atoms with Gasteiger partial charge in [0.25, 0.3) is 11.8 Å². The summed E-state index contributed by atoms with van der Waals surface area (Å²) in [5.74, 6) is 196. The largest absolute Gasteiger partial charge is 0.448 e. The van der Waals surface area contributed by atoms with Gasteiger partial charge in [0.2, 0.25) is 0 Å². The van der Waals surface area contributed by atoms with Gasteiger partial charge >= 0.3 is 6.09 Å². The lowest BCUT2D eigenvalue weighted by atomic mass is 9.98. The molecule has 1 heterocycles. The molecule has 3 amide bonds. The van der Waals surface area contributed by atoms with Crippen LogP contribution in [0.5, 0.6) is 0 Å². The van der Waals surface area contributed by atoms with Crippen molar-refractivity contribution >= 4 is 35.1 Å². The second kappa shape index (κ2) is 68.9. The quantitative estimate of drug-likeness (QED) is 0.127. The summed E-state index contributed by atoms with van der Waals surface area (Å²) in [6.45, 7) is 0.501. The van der Waals surface area contributed by atoms with Crippen molar-refractivity contribution in [2.24, 2.45) is 0 Å². The lowest BCUT2D eigenvalue weighted by molar-refractivity contribution is -0.121. The Bertz CT molecular complexity index is 8460. The molecule has 0 radical (unpaired) electrons. The molecular formula is C124H213N5O5. The summed E-state index contributed by atoms with van der Waals surface area (Å²) in [6.07, 6.45) is 20.5. The van der Waals surface area contributed by atoms with Crippen LogP contribution in [0.3, 0.4) is 0 Å². The van der Waals surface area contributed by atoms with Gasteiger partial charge in [-0.25, -0.2) is 4.79 Å². The first kappa shape index (κ1) is 99.6. The molecule has 1 fully saturated rings. The number of likely N-dealkylation sites (tertiary alicyclic amines) is 1. The molecule has 2 aliphatic rings. The number of carbonyl (C=O) groups excluding carboxylic acids is 4. The summed E-state index contributed by atoms with van der Waals surface area (Å²) in [4.78, 5) is 57.0. The second-order valence-electron chi connectivity index (χ2n) is 22.2. The maximum Gasteiger partial charge on any atom is 0.410 e. The zero-order valence-electron chi connectivity index (χ0n) is 69.6. The molecule has 4 aromatic rings. The van der Waals surface area contributed by atoms with Crippen molar-refractivity contribution in [3.8, 4) is 535 Å². The summed E-state index contributed by atoms with van der Waals surface area (Å²) < 4.78 is 5.87. The number of benzene rings is 4. The van der Waals surface area contributed by atoms with E-state index in [-0.39, 0.29) is 156 Å². The first-order valence-corrected chi connectivity index (χ1v) is 37.0. The minimum Gasteiger partial charge on any atom is -0.448 e. The average molecular weight is 1850 g/mol. The number of anilines is 2. The Hall–Kier alpha value is -25.0. The minimum absolute atomic E-state index is 0. The molecule has 10 nitrogen and oxygen atoms in total. The maximum absolute atomic E-state index is 13.6. The molecule has 4 aromatic carbocycles. The third kappa shape index (κ3) is 45.3. The smallest absolute Gasteiger partial charge is 0.410 e. The van der Waals surface area contributed by atoms with E-state index in [9.17, 15) is 19.2 Å². The summed E-state index contributed by atoms with van der Waals surface area (Å²) in [5, 5.41) is 6.08. The molecule has 1 saturated heterocycles. The number of nitrogens with one attached hydrogen (secondary N) is 2. The number of ether oxygens (including phenoxy) is 1. The van der Waals surface area contributed by atoms with Crippen molar-refractivity contribution in [3.63, 3.8) is 0 Å². The molecule has 0 spiro atoms. The van der Waals surface area contributed by atoms with E-state index in [4.69, 9.17) is 30.4 Å². The van der Waals surface area contributed by atoms with Crippen molar-refractivity contribution in [1.82, 2.24) is 14.7 Å². The van der Waals surface area contributed by atoms with Crippen molar-refractivity contribution in [2.45, 2.75) is 24.8 Å². The molecule has 134 heavy (non-hydrogen) atoms. The van der Waals surface area contributed by atoms with Gasteiger partial charge in [0.05, 0.1) is 12.6 Å². The highest BCUT2D eigenvalue weighted by Gasteiger charge is 2.36. The first-order valence-electron chi connectivity index (χ1n) is 37.0. The number of rotatable bonds is 9. The Morgan fingerprint density at radius 3 is 0.776 bits per heavy atom. The molecule has 0 unspecified atom stereocenters. The van der Waals surface area contributed by atoms with Crippen LogP contribution in [-0.4, -0.2) is 71.2 Å². The van der Waals surface area contributed by atoms with Crippen LogP contribution in [0.2, 0.25) is 0 Å². The van der Waals surface area contributed by atoms with Crippen LogP contribution in [0.15, 0.2) is 97.1 Å². The maximum atomic E-state index is 13.6. The molecule has 1 atom stereocenters. The van der Waals surface area contributed by atoms with Crippen molar-refractivity contribution in [3.05, 3.63) is 119 Å². The second-order valence-corrected chi connectivity index (χ2v) is 22.2. The number of hydrogen-bond donors (Lipinski definition) is 2. The summed E-state index contributed by atoms with van der Waals surface area (Å²) in [7, 11) is 1.76. The molecule has 2 N–H and O–H groups in total. The molecule has 10 heteroatoms. The van der Waals surface area contributed by atoms with Gasteiger partial charge in [-0.05, 0) is 273 Å². The average Bonchev–Trinajstić information content (AvgIpc) is 1.61. The van der Waals surface area contributed by atoms with E-state index >= 15 is 0 Å². The predicted molar refractivity (Wildman–Crippen MR) is 705 cm³/mol. The zero-order valence-corrected chi connectivity index (χ0v) is 69.6. The minimum atomic E-state index is -0.644. The van der Waals surface area contributed by atoms with Crippen molar-refractivity contribution in [1.29, 1.82) is 0 Å². The fourth-order valence-electron chi connectivity index (χ4n) is 8.94. The molecule has 764 valence electrons. The predicted octanol–water partition coefficient (Wildman–Crippen LogP) is 27.8. The van der Waals surface area contributed by atoms with Crippen LogP contribution >= 0.6 is 0 Å². The van der Waals surface area contributed by atoms with Gasteiger partial charge < -0.3 is 15.4 Å². The highest BCUT2D eigenvalue weighted by Crippen LogP contribution is 2.44. The van der Waals surface area contributed by atoms with Gasteiger partial charge in [-0.1, -0.05) is 48.5 Å². The van der Waals surface area contributed by atoms with Gasteiger partial charge in [0, 0.05) is 476 Å². The van der Waals surface area contributed by atoms with E-state index in [2.05, 4.69) is 533 Å². The van der Waals surface area contributed by atoms with Crippen LogP contribution < -0.4 is 10.6 Å². The molecule has 6 rings (SSSR count). The Morgan fingerprint density at radius 2 is 0.537 bits per heavy atom. The van der Waals surface area contributed by atoms with Crippen LogP contribution in [0, 0.1) is 524 Å². The van der Waals surface area contributed by atoms with Gasteiger partial charge in [-0.15, -0.1) is 25.7 Å². The number of nitrogens with zero attached hydrogens (tertiary/aromatic N) is 3. The summed E-state index contributed by atoms with van der Waals surface area (Å²) in [6, 6.07) is 39.0. The number of fused-ring (bicyclic) bond motifs is 3. The van der Waals surface area contributed by atoms with Gasteiger partial charge in [-0.3, -0.25) is 19.3 Å². The number of carbonyl (C=O) groups is 4. The van der Waals surface area contributed by atoms with Crippen molar-refractivity contribution < 1.29 is 149 Å². The van der Waals surface area contributed by atoms with E-state index in [1.165, 1.54) is 4.90 Å². The molecular weight excluding hydrogens is 1640 g/mol. The van der Waals surface area contributed by atoms with Crippen molar-refractivity contribution in [2.75, 3.05) is 37.4 Å². The zero-order chi connectivity index (χ0) is 95.2. The molecule has 1 aliphatic carbocycles. The molecule has 0 saturated carbocycles. The molecule has 1 aliphatic heterocycles. The van der Waals surface area contributed by atoms with E-state index in [0.29, 0.717) is 30.6 Å². The fraction of sp³-hybridized carbons (Fsp3) is 0.0645. The van der Waals surface area contributed by atoms with E-state index in [0.717, 1.165) is 37.7 Å². The lowest BCUT2D eigenvalue weighted by Crippen LogP contribution is -2.43. The Morgan fingerprint density at radius 1 is 0.313 bits per heavy atom. The van der Waals surface area contributed by atoms with Crippen LogP contribution in [0.4, 0.5) is 16.2 Å². The normalized spacial score (nSPS) is 7.83. The monoisotopic (exact) mass is 1850 g/mol. The van der Waals surface area contributed by atoms with Gasteiger partial charge in [0.1, 0.15) is 6.61 Å². The Kier molecular flexibility index (Phi) is 51.2. The van der Waals surface area contributed by atoms with E-state index < -0.39 is 23.9 Å². The van der Waals surface area contributed by atoms with Crippen LogP contribution in [-0.2, 0) is 9.53 Å².